The lowest BCUT2D eigenvalue weighted by atomic mass is 9.92. The fourth-order valence-electron chi connectivity index (χ4n) is 4.78. The van der Waals surface area contributed by atoms with Gasteiger partial charge in [0.2, 0.25) is 0 Å². The van der Waals surface area contributed by atoms with Crippen molar-refractivity contribution >= 4 is 16.9 Å². The number of hydrogen-bond acceptors (Lipinski definition) is 4. The Balaban J connectivity index is 1.42. The van der Waals surface area contributed by atoms with Crippen LogP contribution in [0.5, 0.6) is 0 Å². The molecule has 1 fully saturated rings. The summed E-state index contributed by atoms with van der Waals surface area (Å²) in [6.07, 6.45) is 9.28. The number of amides is 1. The molecular weight excluding hydrogens is 414 g/mol. The number of aromatic nitrogens is 4. The number of imidazole rings is 1. The molecule has 2 aromatic heterocycles. The van der Waals surface area contributed by atoms with Gasteiger partial charge in [-0.2, -0.15) is 5.10 Å². The Kier molecular flexibility index (Phi) is 5.72. The van der Waals surface area contributed by atoms with Crippen molar-refractivity contribution in [2.75, 3.05) is 0 Å². The van der Waals surface area contributed by atoms with E-state index >= 15 is 0 Å². The van der Waals surface area contributed by atoms with Gasteiger partial charge in [0, 0.05) is 18.8 Å². The van der Waals surface area contributed by atoms with Gasteiger partial charge < -0.3 is 15.4 Å². The van der Waals surface area contributed by atoms with Crippen LogP contribution in [-0.4, -0.2) is 42.9 Å². The van der Waals surface area contributed by atoms with Gasteiger partial charge >= 0.3 is 0 Å². The molecule has 1 aliphatic carbocycles. The number of aliphatic hydroxyl groups excluding tert-OH is 1. The van der Waals surface area contributed by atoms with E-state index in [0.717, 1.165) is 64.5 Å². The van der Waals surface area contributed by atoms with E-state index in [4.69, 9.17) is 0 Å². The summed E-state index contributed by atoms with van der Waals surface area (Å²) in [5.74, 6) is -0.164. The molecule has 0 saturated heterocycles. The number of benzene rings is 2. The first-order valence-electron chi connectivity index (χ1n) is 11.5. The molecule has 0 unspecified atom stereocenters. The highest BCUT2D eigenvalue weighted by molar-refractivity contribution is 6.06. The molecule has 1 amide bonds. The lowest BCUT2D eigenvalue weighted by Gasteiger charge is -2.28. The van der Waals surface area contributed by atoms with Crippen LogP contribution in [0.2, 0.25) is 0 Å². The number of H-pyrrole nitrogens is 1. The zero-order chi connectivity index (χ0) is 22.9. The summed E-state index contributed by atoms with van der Waals surface area (Å²) in [7, 11) is 1.91. The molecule has 3 N–H and O–H groups in total. The van der Waals surface area contributed by atoms with E-state index in [1.165, 1.54) is 0 Å². The maximum Gasteiger partial charge on any atom is 0.253 e. The van der Waals surface area contributed by atoms with Gasteiger partial charge in [-0.15, -0.1) is 0 Å². The van der Waals surface area contributed by atoms with E-state index in [0.29, 0.717) is 12.0 Å². The maximum absolute atomic E-state index is 13.2. The molecule has 1 saturated carbocycles. The molecule has 1 aliphatic rings. The second-order valence-corrected chi connectivity index (χ2v) is 9.04. The lowest BCUT2D eigenvalue weighted by molar-refractivity contribution is 0.0718. The summed E-state index contributed by atoms with van der Waals surface area (Å²) in [6.45, 7) is 2.05. The van der Waals surface area contributed by atoms with Crippen molar-refractivity contribution in [2.45, 2.75) is 51.2 Å². The number of rotatable bonds is 5. The zero-order valence-corrected chi connectivity index (χ0v) is 19.0. The summed E-state index contributed by atoms with van der Waals surface area (Å²) >= 11 is 0. The summed E-state index contributed by atoms with van der Waals surface area (Å²) in [6, 6.07) is 10.2. The van der Waals surface area contributed by atoms with Crippen molar-refractivity contribution < 1.29 is 9.90 Å². The molecule has 7 nitrogen and oxygen atoms in total. The Labute approximate surface area is 192 Å². The smallest absolute Gasteiger partial charge is 0.253 e. The van der Waals surface area contributed by atoms with Crippen LogP contribution in [0, 0.1) is 6.92 Å². The van der Waals surface area contributed by atoms with Gasteiger partial charge in [-0.1, -0.05) is 37.1 Å². The molecule has 2 atom stereocenters. The predicted octanol–water partition coefficient (Wildman–Crippen LogP) is 3.90. The minimum absolute atomic E-state index is 0.164. The van der Waals surface area contributed by atoms with E-state index in [2.05, 4.69) is 51.6 Å². The predicted molar refractivity (Wildman–Crippen MR) is 128 cm³/mol. The fourth-order valence-corrected chi connectivity index (χ4v) is 4.78. The molecule has 5 rings (SSSR count). The van der Waals surface area contributed by atoms with E-state index < -0.39 is 6.10 Å². The zero-order valence-electron chi connectivity index (χ0n) is 19.0. The van der Waals surface area contributed by atoms with Crippen molar-refractivity contribution in [3.8, 4) is 11.1 Å². The van der Waals surface area contributed by atoms with Gasteiger partial charge in [0.1, 0.15) is 0 Å². The Morgan fingerprint density at radius 2 is 2.00 bits per heavy atom. The Bertz CT molecular complexity index is 1290. The largest absolute Gasteiger partial charge is 0.391 e. The quantitative estimate of drug-likeness (QED) is 0.436. The van der Waals surface area contributed by atoms with Crippen LogP contribution in [0.15, 0.2) is 49.1 Å². The fraction of sp³-hybridized carbons (Fsp3) is 0.346. The number of nitrogens with zero attached hydrogens (tertiary/aromatic N) is 3. The number of carbonyl (C=O) groups is 1. The molecule has 2 heterocycles. The molecule has 33 heavy (non-hydrogen) atoms. The monoisotopic (exact) mass is 443 g/mol. The van der Waals surface area contributed by atoms with Crippen molar-refractivity contribution in [2.24, 2.45) is 7.05 Å². The average molecular weight is 444 g/mol. The molecule has 4 aromatic rings. The summed E-state index contributed by atoms with van der Waals surface area (Å²) in [4.78, 5) is 20.8. The van der Waals surface area contributed by atoms with E-state index in [1.54, 1.807) is 11.0 Å². The Hall–Kier alpha value is -3.45. The van der Waals surface area contributed by atoms with Crippen LogP contribution >= 0.6 is 0 Å². The van der Waals surface area contributed by atoms with Crippen molar-refractivity contribution in [3.63, 3.8) is 0 Å². The maximum atomic E-state index is 13.2. The van der Waals surface area contributed by atoms with Crippen molar-refractivity contribution in [1.82, 2.24) is 25.1 Å². The van der Waals surface area contributed by atoms with Crippen LogP contribution < -0.4 is 5.32 Å². The Morgan fingerprint density at radius 1 is 1.21 bits per heavy atom. The van der Waals surface area contributed by atoms with Gasteiger partial charge in [-0.05, 0) is 54.5 Å². The minimum Gasteiger partial charge on any atom is -0.391 e. The minimum atomic E-state index is -0.483. The third-order valence-corrected chi connectivity index (χ3v) is 6.74. The number of fused-ring (bicyclic) bond motifs is 1. The first kappa shape index (κ1) is 21.4. The lowest BCUT2D eigenvalue weighted by Crippen LogP contribution is -2.45. The molecule has 0 aliphatic heterocycles. The van der Waals surface area contributed by atoms with Gasteiger partial charge in [0.15, 0.2) is 0 Å². The van der Waals surface area contributed by atoms with Gasteiger partial charge in [-0.25, -0.2) is 4.98 Å². The number of aromatic amines is 1. The highest BCUT2D eigenvalue weighted by atomic mass is 16.3. The molecular formula is C26H29N5O2. The topological polar surface area (TPSA) is 95.8 Å². The van der Waals surface area contributed by atoms with Crippen LogP contribution in [-0.2, 0) is 13.5 Å². The summed E-state index contributed by atoms with van der Waals surface area (Å²) in [5, 5.41) is 17.6. The third-order valence-electron chi connectivity index (χ3n) is 6.74. The highest BCUT2D eigenvalue weighted by Gasteiger charge is 2.26. The van der Waals surface area contributed by atoms with Crippen LogP contribution in [0.4, 0.5) is 0 Å². The van der Waals surface area contributed by atoms with Crippen molar-refractivity contribution in [1.29, 1.82) is 0 Å². The number of carbonyl (C=O) groups excluding carboxylic acids is 1. The third kappa shape index (κ3) is 4.28. The first-order valence-corrected chi connectivity index (χ1v) is 11.5. The number of hydrogen-bond donors (Lipinski definition) is 3. The molecule has 7 heteroatoms. The second kappa shape index (κ2) is 8.83. The highest BCUT2D eigenvalue weighted by Crippen LogP contribution is 2.27. The summed E-state index contributed by atoms with van der Waals surface area (Å²) < 4.78 is 1.80. The normalized spacial score (nSPS) is 18.5. The standard InChI is InChI=1S/C26H29N5O2/c1-16-19(11-17-7-9-18(10-8-17)20-13-29-31(2)14-20)12-21(25-24(16)27-15-28-25)26(33)30-22-5-3-4-6-23(22)32/h7-10,12-15,22-23,32H,3-6,11H2,1-2H3,(H,27,28)(H,30,33)/t22-,23-/m1/s1. The average Bonchev–Trinajstić information content (AvgIpc) is 3.47. The van der Waals surface area contributed by atoms with E-state index in [-0.39, 0.29) is 11.9 Å². The van der Waals surface area contributed by atoms with Crippen LogP contribution in [0.25, 0.3) is 22.2 Å². The van der Waals surface area contributed by atoms with Crippen LogP contribution in [0.3, 0.4) is 0 Å². The number of nitrogens with one attached hydrogen (secondary N) is 2. The molecule has 0 radical (unpaired) electrons. The molecule has 2 aromatic carbocycles. The molecule has 170 valence electrons. The second-order valence-electron chi connectivity index (χ2n) is 9.04. The summed E-state index contributed by atoms with van der Waals surface area (Å²) in [5.41, 5.74) is 7.64. The van der Waals surface area contributed by atoms with E-state index in [1.807, 2.05) is 25.5 Å². The van der Waals surface area contributed by atoms with Gasteiger partial charge in [0.25, 0.3) is 5.91 Å². The van der Waals surface area contributed by atoms with E-state index in [9.17, 15) is 9.90 Å². The SMILES string of the molecule is Cc1c(Cc2ccc(-c3cnn(C)c3)cc2)cc(C(=O)N[C@@H]2CCCC[C@H]2O)c2[nH]cnc12. The Morgan fingerprint density at radius 3 is 2.73 bits per heavy atom. The van der Waals surface area contributed by atoms with Crippen molar-refractivity contribution in [3.05, 3.63) is 71.3 Å². The molecule has 0 bridgehead atoms. The van der Waals surface area contributed by atoms with Crippen LogP contribution in [0.1, 0.15) is 52.7 Å². The number of aliphatic hydroxyl groups is 1. The van der Waals surface area contributed by atoms with Gasteiger partial charge in [-0.3, -0.25) is 9.48 Å². The first-order chi connectivity index (χ1) is 16.0. The number of aryl methyl sites for hydroxylation is 2. The molecule has 0 spiro atoms. The van der Waals surface area contributed by atoms with Gasteiger partial charge in [0.05, 0.1) is 41.3 Å².